The van der Waals surface area contributed by atoms with Crippen molar-refractivity contribution < 1.29 is 17.9 Å². The molecule has 0 bridgehead atoms. The van der Waals surface area contributed by atoms with Crippen LogP contribution in [-0.2, 0) is 23.1 Å². The van der Waals surface area contributed by atoms with E-state index in [1.165, 1.54) is 11.4 Å². The molecule has 3 aromatic carbocycles. The third-order valence-electron chi connectivity index (χ3n) is 4.86. The Labute approximate surface area is 193 Å². The number of nitrogens with one attached hydrogen (secondary N) is 1. The van der Waals surface area contributed by atoms with Crippen molar-refractivity contribution in [1.29, 1.82) is 0 Å². The fourth-order valence-corrected chi connectivity index (χ4v) is 4.53. The normalized spacial score (nSPS) is 11.4. The molecular weight excluding hydrogens is 448 g/mol. The van der Waals surface area contributed by atoms with Crippen molar-refractivity contribution >= 4 is 27.5 Å². The van der Waals surface area contributed by atoms with E-state index >= 15 is 0 Å². The van der Waals surface area contributed by atoms with Crippen molar-refractivity contribution in [3.8, 4) is 5.75 Å². The van der Waals surface area contributed by atoms with Crippen molar-refractivity contribution in [2.24, 2.45) is 0 Å². The van der Waals surface area contributed by atoms with Gasteiger partial charge in [0.2, 0.25) is 10.0 Å². The minimum atomic E-state index is -3.69. The molecule has 0 aliphatic rings. The molecule has 8 heteroatoms. The number of hydrogen-bond donors (Lipinski definition) is 1. The maximum Gasteiger partial charge on any atom is 0.251 e. The van der Waals surface area contributed by atoms with E-state index in [9.17, 15) is 13.2 Å². The lowest BCUT2D eigenvalue weighted by molar-refractivity contribution is 0.0950. The fraction of sp³-hybridized carbons (Fsp3) is 0.208. The highest BCUT2D eigenvalue weighted by Crippen LogP contribution is 2.25. The summed E-state index contributed by atoms with van der Waals surface area (Å²) in [6.07, 6.45) is 0. The number of nitrogens with zero attached hydrogens (tertiary/aromatic N) is 1. The number of carbonyl (C=O) groups is 1. The maximum atomic E-state index is 12.9. The summed E-state index contributed by atoms with van der Waals surface area (Å²) >= 11 is 6.15. The lowest BCUT2D eigenvalue weighted by Crippen LogP contribution is -2.27. The molecule has 3 aromatic rings. The van der Waals surface area contributed by atoms with Gasteiger partial charge in [0.1, 0.15) is 5.75 Å². The zero-order valence-electron chi connectivity index (χ0n) is 17.9. The summed E-state index contributed by atoms with van der Waals surface area (Å²) in [6.45, 7) is 2.60. The second-order valence-electron chi connectivity index (χ2n) is 7.10. The summed E-state index contributed by atoms with van der Waals surface area (Å²) in [7, 11) is -2.19. The summed E-state index contributed by atoms with van der Waals surface area (Å²) in [6, 6.07) is 20.5. The Morgan fingerprint density at radius 1 is 1.00 bits per heavy atom. The Morgan fingerprint density at radius 3 is 2.38 bits per heavy atom. The molecule has 6 nitrogen and oxygen atoms in total. The zero-order valence-corrected chi connectivity index (χ0v) is 19.5. The van der Waals surface area contributed by atoms with Gasteiger partial charge in [-0.2, -0.15) is 4.31 Å². The second kappa shape index (κ2) is 10.6. The molecule has 0 aliphatic heterocycles. The third-order valence-corrected chi connectivity index (χ3v) is 7.05. The van der Waals surface area contributed by atoms with Gasteiger partial charge < -0.3 is 10.1 Å². The summed E-state index contributed by atoms with van der Waals surface area (Å²) in [4.78, 5) is 12.9. The third kappa shape index (κ3) is 5.68. The highest BCUT2D eigenvalue weighted by atomic mass is 35.5. The Balaban J connectivity index is 1.81. The maximum absolute atomic E-state index is 12.9. The standard InChI is InChI=1S/C24H25ClN2O4S/c1-3-31-23-14-13-18(24(28)26-16-19-9-7-8-12-22(19)25)15-20(23)17-27(2)32(29,30)21-10-5-4-6-11-21/h4-15H,3,16-17H2,1-2H3,(H,26,28). The lowest BCUT2D eigenvalue weighted by Gasteiger charge is -2.20. The van der Waals surface area contributed by atoms with Gasteiger partial charge in [-0.1, -0.05) is 48.0 Å². The summed E-state index contributed by atoms with van der Waals surface area (Å²) in [5, 5.41) is 3.42. The number of hydrogen-bond acceptors (Lipinski definition) is 4. The second-order valence-corrected chi connectivity index (χ2v) is 9.56. The van der Waals surface area contributed by atoms with Crippen LogP contribution in [0, 0.1) is 0 Å². The first-order valence-electron chi connectivity index (χ1n) is 10.1. The Bertz CT molecular complexity index is 1180. The van der Waals surface area contributed by atoms with Crippen molar-refractivity contribution in [1.82, 2.24) is 9.62 Å². The highest BCUT2D eigenvalue weighted by molar-refractivity contribution is 7.89. The highest BCUT2D eigenvalue weighted by Gasteiger charge is 2.22. The quantitative estimate of drug-likeness (QED) is 0.498. The summed E-state index contributed by atoms with van der Waals surface area (Å²) < 4.78 is 32.7. The van der Waals surface area contributed by atoms with Gasteiger partial charge in [0.25, 0.3) is 5.91 Å². The number of amides is 1. The molecule has 0 heterocycles. The topological polar surface area (TPSA) is 75.7 Å². The first-order chi connectivity index (χ1) is 15.3. The smallest absolute Gasteiger partial charge is 0.251 e. The minimum Gasteiger partial charge on any atom is -0.494 e. The molecule has 0 saturated carbocycles. The predicted molar refractivity (Wildman–Crippen MR) is 125 cm³/mol. The molecule has 0 spiro atoms. The SMILES string of the molecule is CCOc1ccc(C(=O)NCc2ccccc2Cl)cc1CN(C)S(=O)(=O)c1ccccc1. The number of ether oxygens (including phenoxy) is 1. The first kappa shape index (κ1) is 23.8. The monoisotopic (exact) mass is 472 g/mol. The van der Waals surface area contributed by atoms with E-state index in [4.69, 9.17) is 16.3 Å². The minimum absolute atomic E-state index is 0.0538. The van der Waals surface area contributed by atoms with Crippen molar-refractivity contribution in [3.63, 3.8) is 0 Å². The van der Waals surface area contributed by atoms with Crippen LogP contribution in [0.2, 0.25) is 5.02 Å². The Hall–Kier alpha value is -2.87. The van der Waals surface area contributed by atoms with Gasteiger partial charge in [-0.25, -0.2) is 8.42 Å². The van der Waals surface area contributed by atoms with Gasteiger partial charge in [0, 0.05) is 36.3 Å². The molecule has 0 saturated heterocycles. The summed E-state index contributed by atoms with van der Waals surface area (Å²) in [5.41, 5.74) is 1.81. The first-order valence-corrected chi connectivity index (χ1v) is 11.9. The van der Waals surface area contributed by atoms with Gasteiger partial charge in [0.15, 0.2) is 0 Å². The van der Waals surface area contributed by atoms with Crippen molar-refractivity contribution in [3.05, 3.63) is 94.5 Å². The Kier molecular flexibility index (Phi) is 7.90. The molecule has 0 unspecified atom stereocenters. The van der Waals surface area contributed by atoms with E-state index in [2.05, 4.69) is 5.32 Å². The Morgan fingerprint density at radius 2 is 1.69 bits per heavy atom. The van der Waals surface area contributed by atoms with Crippen LogP contribution in [0.1, 0.15) is 28.4 Å². The van der Waals surface area contributed by atoms with Gasteiger partial charge in [-0.05, 0) is 48.9 Å². The van der Waals surface area contributed by atoms with E-state index in [1.54, 1.807) is 54.6 Å². The molecule has 1 N–H and O–H groups in total. The molecule has 0 aromatic heterocycles. The molecule has 32 heavy (non-hydrogen) atoms. The van der Waals surface area contributed by atoms with Gasteiger partial charge >= 0.3 is 0 Å². The largest absolute Gasteiger partial charge is 0.494 e. The lowest BCUT2D eigenvalue weighted by atomic mass is 10.1. The molecular formula is C24H25ClN2O4S. The molecule has 168 valence electrons. The van der Waals surface area contributed by atoms with Crippen LogP contribution in [0.15, 0.2) is 77.7 Å². The van der Waals surface area contributed by atoms with Crippen LogP contribution in [0.5, 0.6) is 5.75 Å². The molecule has 0 atom stereocenters. The van der Waals surface area contributed by atoms with E-state index in [0.717, 1.165) is 5.56 Å². The molecule has 1 amide bonds. The van der Waals surface area contributed by atoms with Crippen molar-refractivity contribution in [2.45, 2.75) is 24.9 Å². The molecule has 0 radical (unpaired) electrons. The summed E-state index contributed by atoms with van der Waals surface area (Å²) in [5.74, 6) is 0.244. The number of rotatable bonds is 9. The predicted octanol–water partition coefficient (Wildman–Crippen LogP) is 4.49. The van der Waals surface area contributed by atoms with E-state index in [0.29, 0.717) is 28.5 Å². The number of sulfonamides is 1. The van der Waals surface area contributed by atoms with Crippen LogP contribution < -0.4 is 10.1 Å². The van der Waals surface area contributed by atoms with Crippen LogP contribution in [-0.4, -0.2) is 32.3 Å². The van der Waals surface area contributed by atoms with E-state index in [1.807, 2.05) is 25.1 Å². The van der Waals surface area contributed by atoms with Gasteiger partial charge in [-0.15, -0.1) is 0 Å². The van der Waals surface area contributed by atoms with Crippen LogP contribution in [0.4, 0.5) is 0 Å². The van der Waals surface area contributed by atoms with Gasteiger partial charge in [-0.3, -0.25) is 4.79 Å². The number of halogens is 1. The van der Waals surface area contributed by atoms with Crippen LogP contribution in [0.25, 0.3) is 0 Å². The zero-order chi connectivity index (χ0) is 23.1. The van der Waals surface area contributed by atoms with E-state index in [-0.39, 0.29) is 23.9 Å². The molecule has 0 fully saturated rings. The van der Waals surface area contributed by atoms with E-state index < -0.39 is 10.0 Å². The fourth-order valence-electron chi connectivity index (χ4n) is 3.16. The van der Waals surface area contributed by atoms with Crippen LogP contribution in [0.3, 0.4) is 0 Å². The average Bonchev–Trinajstić information content (AvgIpc) is 2.80. The molecule has 0 aliphatic carbocycles. The molecule has 3 rings (SSSR count). The number of carbonyl (C=O) groups excluding carboxylic acids is 1. The van der Waals surface area contributed by atoms with Crippen molar-refractivity contribution in [2.75, 3.05) is 13.7 Å². The number of benzene rings is 3. The van der Waals surface area contributed by atoms with Gasteiger partial charge in [0.05, 0.1) is 11.5 Å². The average molecular weight is 473 g/mol. The van der Waals surface area contributed by atoms with Crippen LogP contribution >= 0.6 is 11.6 Å².